The van der Waals surface area contributed by atoms with Gasteiger partial charge in [0, 0.05) is 31.4 Å². The maximum atomic E-state index is 12.8. The monoisotopic (exact) mass is 417 g/mol. The Morgan fingerprint density at radius 2 is 1.86 bits per heavy atom. The summed E-state index contributed by atoms with van der Waals surface area (Å²) in [5.74, 6) is 0.478. The van der Waals surface area contributed by atoms with Gasteiger partial charge in [0.05, 0.1) is 23.8 Å². The highest BCUT2D eigenvalue weighted by Gasteiger charge is 2.24. The van der Waals surface area contributed by atoms with E-state index >= 15 is 0 Å². The zero-order valence-corrected chi connectivity index (χ0v) is 17.3. The van der Waals surface area contributed by atoms with Gasteiger partial charge in [-0.25, -0.2) is 0 Å². The van der Waals surface area contributed by atoms with Gasteiger partial charge in [0.25, 0.3) is 5.56 Å². The summed E-state index contributed by atoms with van der Waals surface area (Å²) in [4.78, 5) is 14.9. The largest absolute Gasteiger partial charge is 0.369 e. The predicted octanol–water partition coefficient (Wildman–Crippen LogP) is 3.97. The third-order valence-electron chi connectivity index (χ3n) is 5.33. The number of piperidine rings is 1. The first-order valence-corrected chi connectivity index (χ1v) is 9.97. The second-order valence-electron chi connectivity index (χ2n) is 7.20. The summed E-state index contributed by atoms with van der Waals surface area (Å²) in [5, 5.41) is 9.38. The lowest BCUT2D eigenvalue weighted by Gasteiger charge is -2.33. The molecule has 1 aliphatic heterocycles. The number of nitrogens with zero attached hydrogens (tertiary/aromatic N) is 5. The van der Waals surface area contributed by atoms with Crippen molar-refractivity contribution in [1.29, 1.82) is 0 Å². The lowest BCUT2D eigenvalue weighted by molar-refractivity contribution is 0.504. The standard InChI is InChI=1S/C20H21Cl2N5O/c1-13-3-4-16(9-17(13)21)27-20(28)19(22)18(11-24-27)26-7-5-14(6-8-26)15-10-23-25(2)12-15/h3-4,9-12,14H,5-8H2,1-2H3. The Kier molecular flexibility index (Phi) is 5.17. The van der Waals surface area contributed by atoms with Crippen LogP contribution in [0.4, 0.5) is 5.69 Å². The predicted molar refractivity (Wildman–Crippen MR) is 112 cm³/mol. The molecule has 146 valence electrons. The molecule has 0 unspecified atom stereocenters. The topological polar surface area (TPSA) is 56.0 Å². The van der Waals surface area contributed by atoms with Gasteiger partial charge in [0.15, 0.2) is 0 Å². The Morgan fingerprint density at radius 3 is 2.50 bits per heavy atom. The maximum absolute atomic E-state index is 12.8. The van der Waals surface area contributed by atoms with E-state index in [2.05, 4.69) is 21.3 Å². The van der Waals surface area contributed by atoms with Crippen LogP contribution in [0.1, 0.15) is 29.9 Å². The van der Waals surface area contributed by atoms with Crippen molar-refractivity contribution in [1.82, 2.24) is 19.6 Å². The molecule has 8 heteroatoms. The molecular formula is C20H21Cl2N5O. The molecule has 1 saturated heterocycles. The summed E-state index contributed by atoms with van der Waals surface area (Å²) in [5.41, 5.74) is 3.15. The molecule has 0 aliphatic carbocycles. The smallest absolute Gasteiger partial charge is 0.292 e. The van der Waals surface area contributed by atoms with Crippen molar-refractivity contribution in [3.05, 3.63) is 68.3 Å². The molecule has 3 aromatic rings. The fourth-order valence-electron chi connectivity index (χ4n) is 3.65. The number of hydrogen-bond acceptors (Lipinski definition) is 4. The Balaban J connectivity index is 1.56. The molecule has 0 amide bonds. The molecule has 1 aliphatic rings. The van der Waals surface area contributed by atoms with Gasteiger partial charge in [-0.05, 0) is 48.9 Å². The summed E-state index contributed by atoms with van der Waals surface area (Å²) in [7, 11) is 1.93. The normalized spacial score (nSPS) is 15.2. The zero-order valence-electron chi connectivity index (χ0n) is 15.8. The summed E-state index contributed by atoms with van der Waals surface area (Å²) in [6.07, 6.45) is 7.64. The second kappa shape index (κ2) is 7.60. The van der Waals surface area contributed by atoms with Crippen molar-refractivity contribution >= 4 is 28.9 Å². The molecule has 0 bridgehead atoms. The molecule has 0 saturated carbocycles. The van der Waals surface area contributed by atoms with E-state index in [1.165, 1.54) is 10.2 Å². The fraction of sp³-hybridized carbons (Fsp3) is 0.350. The molecule has 28 heavy (non-hydrogen) atoms. The SMILES string of the molecule is Cc1ccc(-n2ncc(N3CCC(c4cnn(C)c4)CC3)c(Cl)c2=O)cc1Cl. The van der Waals surface area contributed by atoms with Gasteiger partial charge >= 0.3 is 0 Å². The van der Waals surface area contributed by atoms with Gasteiger partial charge in [-0.3, -0.25) is 9.48 Å². The first kappa shape index (κ1) is 19.0. The molecule has 1 aromatic carbocycles. The van der Waals surface area contributed by atoms with Gasteiger partial charge in [-0.2, -0.15) is 14.9 Å². The molecule has 0 radical (unpaired) electrons. The van der Waals surface area contributed by atoms with Gasteiger partial charge in [-0.1, -0.05) is 29.3 Å². The highest BCUT2D eigenvalue weighted by Crippen LogP contribution is 2.32. The average molecular weight is 418 g/mol. The second-order valence-corrected chi connectivity index (χ2v) is 7.99. The quantitative estimate of drug-likeness (QED) is 0.646. The molecule has 0 atom stereocenters. The summed E-state index contributed by atoms with van der Waals surface area (Å²) >= 11 is 12.6. The first-order valence-electron chi connectivity index (χ1n) is 9.22. The Hall–Kier alpha value is -2.31. The number of aromatic nitrogens is 4. The third-order valence-corrected chi connectivity index (χ3v) is 6.09. The summed E-state index contributed by atoms with van der Waals surface area (Å²) in [6, 6.07) is 5.39. The lowest BCUT2D eigenvalue weighted by atomic mass is 9.91. The third kappa shape index (κ3) is 3.54. The van der Waals surface area contributed by atoms with Crippen molar-refractivity contribution < 1.29 is 0 Å². The Bertz CT molecular complexity index is 1070. The molecule has 3 heterocycles. The van der Waals surface area contributed by atoms with Crippen LogP contribution in [0.25, 0.3) is 5.69 Å². The van der Waals surface area contributed by atoms with Gasteiger partial charge in [-0.15, -0.1) is 0 Å². The summed E-state index contributed by atoms with van der Waals surface area (Å²) in [6.45, 7) is 3.55. The van der Waals surface area contributed by atoms with E-state index < -0.39 is 0 Å². The number of halogens is 2. The number of aryl methyl sites for hydroxylation is 2. The van der Waals surface area contributed by atoms with E-state index in [4.69, 9.17) is 23.2 Å². The van der Waals surface area contributed by atoms with Crippen molar-refractivity contribution in [3.63, 3.8) is 0 Å². The van der Waals surface area contributed by atoms with Crippen molar-refractivity contribution in [3.8, 4) is 5.69 Å². The zero-order chi connectivity index (χ0) is 19.8. The molecule has 1 fully saturated rings. The highest BCUT2D eigenvalue weighted by molar-refractivity contribution is 6.33. The minimum atomic E-state index is -0.339. The highest BCUT2D eigenvalue weighted by atomic mass is 35.5. The molecular weight excluding hydrogens is 397 g/mol. The van der Waals surface area contributed by atoms with Crippen LogP contribution in [-0.2, 0) is 7.05 Å². The Morgan fingerprint density at radius 1 is 1.11 bits per heavy atom. The van der Waals surface area contributed by atoms with Gasteiger partial charge in [0.2, 0.25) is 0 Å². The first-order chi connectivity index (χ1) is 13.4. The van der Waals surface area contributed by atoms with Crippen molar-refractivity contribution in [2.75, 3.05) is 18.0 Å². The number of hydrogen-bond donors (Lipinski definition) is 0. The van der Waals surface area contributed by atoms with Crippen LogP contribution in [0.2, 0.25) is 10.0 Å². The van der Waals surface area contributed by atoms with Gasteiger partial charge < -0.3 is 4.90 Å². The lowest BCUT2D eigenvalue weighted by Crippen LogP contribution is -2.35. The average Bonchev–Trinajstić information content (AvgIpc) is 3.13. The molecule has 4 rings (SSSR count). The summed E-state index contributed by atoms with van der Waals surface area (Å²) < 4.78 is 3.12. The molecule has 0 spiro atoms. The molecule has 0 N–H and O–H groups in total. The van der Waals surface area contributed by atoms with Crippen molar-refractivity contribution in [2.24, 2.45) is 7.05 Å². The van der Waals surface area contributed by atoms with Crippen LogP contribution >= 0.6 is 23.2 Å². The van der Waals surface area contributed by atoms with Crippen LogP contribution < -0.4 is 10.5 Å². The van der Waals surface area contributed by atoms with E-state index in [1.54, 1.807) is 12.3 Å². The van der Waals surface area contributed by atoms with E-state index in [1.807, 2.05) is 37.0 Å². The van der Waals surface area contributed by atoms with Crippen LogP contribution in [0, 0.1) is 6.92 Å². The number of anilines is 1. The van der Waals surface area contributed by atoms with Crippen LogP contribution in [0.5, 0.6) is 0 Å². The Labute approximate surface area is 173 Å². The van der Waals surface area contributed by atoms with E-state index in [0.29, 0.717) is 22.3 Å². The number of rotatable bonds is 3. The van der Waals surface area contributed by atoms with Crippen molar-refractivity contribution in [2.45, 2.75) is 25.7 Å². The maximum Gasteiger partial charge on any atom is 0.292 e. The molecule has 6 nitrogen and oxygen atoms in total. The fourth-order valence-corrected chi connectivity index (χ4v) is 4.07. The van der Waals surface area contributed by atoms with E-state index in [9.17, 15) is 4.79 Å². The van der Waals surface area contributed by atoms with Crippen LogP contribution in [-0.4, -0.2) is 32.7 Å². The van der Waals surface area contributed by atoms with Gasteiger partial charge in [0.1, 0.15) is 5.02 Å². The minimum absolute atomic E-state index is 0.187. The minimum Gasteiger partial charge on any atom is -0.369 e. The molecule has 2 aromatic heterocycles. The van der Waals surface area contributed by atoms with E-state index in [-0.39, 0.29) is 10.6 Å². The van der Waals surface area contributed by atoms with E-state index in [0.717, 1.165) is 31.5 Å². The number of benzene rings is 1. The van der Waals surface area contributed by atoms with Crippen LogP contribution in [0.15, 0.2) is 41.6 Å². The van der Waals surface area contributed by atoms with Crippen LogP contribution in [0.3, 0.4) is 0 Å².